The molecule has 112 valence electrons. The lowest BCUT2D eigenvalue weighted by Gasteiger charge is -2.04. The van der Waals surface area contributed by atoms with E-state index in [1.165, 1.54) is 49.5 Å². The van der Waals surface area contributed by atoms with Gasteiger partial charge in [-0.2, -0.15) is 0 Å². The molecule has 1 aromatic heterocycles. The van der Waals surface area contributed by atoms with Gasteiger partial charge in [0, 0.05) is 6.42 Å². The van der Waals surface area contributed by atoms with Gasteiger partial charge in [-0.25, -0.2) is 4.79 Å². The standard InChI is InChI=1S/C15H23NO3S/c1-2-3-4-5-6-7-8-9-13(17)16-14-12(15(18)19)10-11-20-14/h10-11H,2-9H2,1H3,(H,16,17)(H,18,19). The van der Waals surface area contributed by atoms with Crippen molar-refractivity contribution in [3.8, 4) is 0 Å². The number of carbonyl (C=O) groups excluding carboxylic acids is 1. The molecule has 0 atom stereocenters. The second kappa shape index (κ2) is 9.53. The molecule has 0 aliphatic carbocycles. The van der Waals surface area contributed by atoms with Crippen LogP contribution in [0.4, 0.5) is 5.00 Å². The minimum absolute atomic E-state index is 0.0940. The highest BCUT2D eigenvalue weighted by Gasteiger charge is 2.13. The lowest BCUT2D eigenvalue weighted by Crippen LogP contribution is -2.12. The monoisotopic (exact) mass is 297 g/mol. The zero-order valence-corrected chi connectivity index (χ0v) is 12.8. The Bertz CT molecular complexity index is 429. The maximum Gasteiger partial charge on any atom is 0.338 e. The fourth-order valence-electron chi connectivity index (χ4n) is 2.01. The molecule has 4 nitrogen and oxygen atoms in total. The number of carboxylic acid groups (broad SMARTS) is 1. The Kier molecular flexibility index (Phi) is 7.95. The third-order valence-electron chi connectivity index (χ3n) is 3.16. The van der Waals surface area contributed by atoms with Crippen molar-refractivity contribution < 1.29 is 14.7 Å². The number of hydrogen-bond donors (Lipinski definition) is 2. The summed E-state index contributed by atoms with van der Waals surface area (Å²) < 4.78 is 0. The Morgan fingerprint density at radius 3 is 2.45 bits per heavy atom. The third kappa shape index (κ3) is 6.19. The lowest BCUT2D eigenvalue weighted by molar-refractivity contribution is -0.116. The summed E-state index contributed by atoms with van der Waals surface area (Å²) in [6, 6.07) is 1.51. The van der Waals surface area contributed by atoms with Crippen molar-refractivity contribution in [2.75, 3.05) is 5.32 Å². The summed E-state index contributed by atoms with van der Waals surface area (Å²) in [4.78, 5) is 22.6. The highest BCUT2D eigenvalue weighted by atomic mass is 32.1. The van der Waals surface area contributed by atoms with E-state index in [1.54, 1.807) is 5.38 Å². The number of thiophene rings is 1. The van der Waals surface area contributed by atoms with Crippen molar-refractivity contribution in [1.29, 1.82) is 0 Å². The molecule has 0 aromatic carbocycles. The number of anilines is 1. The number of rotatable bonds is 10. The van der Waals surface area contributed by atoms with Gasteiger partial charge in [0.1, 0.15) is 5.00 Å². The third-order valence-corrected chi connectivity index (χ3v) is 3.99. The largest absolute Gasteiger partial charge is 0.478 e. The maximum absolute atomic E-state index is 11.7. The molecule has 0 fully saturated rings. The Morgan fingerprint density at radius 2 is 1.80 bits per heavy atom. The fourth-order valence-corrected chi connectivity index (χ4v) is 2.80. The van der Waals surface area contributed by atoms with Gasteiger partial charge in [0.25, 0.3) is 0 Å². The summed E-state index contributed by atoms with van der Waals surface area (Å²) in [6.07, 6.45) is 8.62. The number of hydrogen-bond acceptors (Lipinski definition) is 3. The van der Waals surface area contributed by atoms with Gasteiger partial charge >= 0.3 is 5.97 Å². The molecule has 0 bridgehead atoms. The number of nitrogens with one attached hydrogen (secondary N) is 1. The highest BCUT2D eigenvalue weighted by molar-refractivity contribution is 7.14. The van der Waals surface area contributed by atoms with E-state index in [1.807, 2.05) is 0 Å². The SMILES string of the molecule is CCCCCCCCCC(=O)Nc1sccc1C(=O)O. The Balaban J connectivity index is 2.17. The second-order valence-corrected chi connectivity index (χ2v) is 5.80. The van der Waals surface area contributed by atoms with Crippen LogP contribution in [0, 0.1) is 0 Å². The van der Waals surface area contributed by atoms with E-state index >= 15 is 0 Å². The predicted octanol–water partition coefficient (Wildman–Crippen LogP) is 4.53. The van der Waals surface area contributed by atoms with Gasteiger partial charge in [0.15, 0.2) is 0 Å². The number of unbranched alkanes of at least 4 members (excludes halogenated alkanes) is 6. The van der Waals surface area contributed by atoms with Gasteiger partial charge in [0.2, 0.25) is 5.91 Å². The van der Waals surface area contributed by atoms with Crippen LogP contribution in [0.15, 0.2) is 11.4 Å². The molecule has 0 saturated heterocycles. The van der Waals surface area contributed by atoms with E-state index in [0.29, 0.717) is 11.4 Å². The molecule has 1 rings (SSSR count). The average Bonchev–Trinajstić information content (AvgIpc) is 2.86. The summed E-state index contributed by atoms with van der Waals surface area (Å²) in [7, 11) is 0. The van der Waals surface area contributed by atoms with E-state index in [2.05, 4.69) is 12.2 Å². The molecular formula is C15H23NO3S. The van der Waals surface area contributed by atoms with Crippen LogP contribution in [0.5, 0.6) is 0 Å². The van der Waals surface area contributed by atoms with Crippen LogP contribution >= 0.6 is 11.3 Å². The molecule has 2 N–H and O–H groups in total. The molecule has 0 radical (unpaired) electrons. The van der Waals surface area contributed by atoms with Gasteiger partial charge in [0.05, 0.1) is 5.56 Å². The number of carboxylic acids is 1. The first-order valence-electron chi connectivity index (χ1n) is 7.25. The van der Waals surface area contributed by atoms with Crippen molar-refractivity contribution in [3.05, 3.63) is 17.0 Å². The summed E-state index contributed by atoms with van der Waals surface area (Å²) >= 11 is 1.25. The summed E-state index contributed by atoms with van der Waals surface area (Å²) in [5, 5.41) is 13.7. The van der Waals surface area contributed by atoms with Crippen LogP contribution in [0.3, 0.4) is 0 Å². The zero-order chi connectivity index (χ0) is 14.8. The molecule has 0 spiro atoms. The normalized spacial score (nSPS) is 10.4. The molecule has 5 heteroatoms. The van der Waals surface area contributed by atoms with Gasteiger partial charge < -0.3 is 10.4 Å². The number of carbonyl (C=O) groups is 2. The maximum atomic E-state index is 11.7. The molecule has 1 amide bonds. The molecular weight excluding hydrogens is 274 g/mol. The van der Waals surface area contributed by atoms with Crippen LogP contribution in [-0.2, 0) is 4.79 Å². The number of aromatic carboxylic acids is 1. The fraction of sp³-hybridized carbons (Fsp3) is 0.600. The van der Waals surface area contributed by atoms with Crippen LogP contribution < -0.4 is 5.32 Å². The molecule has 1 heterocycles. The van der Waals surface area contributed by atoms with Crippen molar-refractivity contribution in [3.63, 3.8) is 0 Å². The number of amides is 1. The van der Waals surface area contributed by atoms with E-state index in [9.17, 15) is 9.59 Å². The first kappa shape index (κ1) is 16.7. The predicted molar refractivity (Wildman–Crippen MR) is 82.5 cm³/mol. The van der Waals surface area contributed by atoms with Crippen LogP contribution in [0.25, 0.3) is 0 Å². The van der Waals surface area contributed by atoms with Gasteiger partial charge in [-0.3, -0.25) is 4.79 Å². The van der Waals surface area contributed by atoms with Crippen molar-refractivity contribution in [2.24, 2.45) is 0 Å². The highest BCUT2D eigenvalue weighted by Crippen LogP contribution is 2.23. The zero-order valence-electron chi connectivity index (χ0n) is 12.0. The first-order valence-corrected chi connectivity index (χ1v) is 8.13. The molecule has 1 aromatic rings. The molecule has 0 saturated carbocycles. The topological polar surface area (TPSA) is 66.4 Å². The molecule has 0 unspecified atom stereocenters. The molecule has 0 aliphatic rings. The summed E-state index contributed by atoms with van der Waals surface area (Å²) in [5.74, 6) is -1.10. The average molecular weight is 297 g/mol. The van der Waals surface area contributed by atoms with E-state index in [-0.39, 0.29) is 11.5 Å². The Labute approximate surface area is 124 Å². The Hall–Kier alpha value is -1.36. The van der Waals surface area contributed by atoms with Crippen LogP contribution in [-0.4, -0.2) is 17.0 Å². The lowest BCUT2D eigenvalue weighted by atomic mass is 10.1. The minimum Gasteiger partial charge on any atom is -0.478 e. The van der Waals surface area contributed by atoms with Crippen molar-refractivity contribution in [2.45, 2.75) is 58.3 Å². The van der Waals surface area contributed by atoms with Crippen LogP contribution in [0.1, 0.15) is 68.6 Å². The smallest absolute Gasteiger partial charge is 0.338 e. The van der Waals surface area contributed by atoms with E-state index in [0.717, 1.165) is 12.8 Å². The van der Waals surface area contributed by atoms with E-state index in [4.69, 9.17) is 5.11 Å². The summed E-state index contributed by atoms with van der Waals surface area (Å²) in [5.41, 5.74) is 0.169. The van der Waals surface area contributed by atoms with Gasteiger partial charge in [-0.05, 0) is 17.9 Å². The van der Waals surface area contributed by atoms with E-state index < -0.39 is 5.97 Å². The minimum atomic E-state index is -1.00. The second-order valence-electron chi connectivity index (χ2n) is 4.89. The molecule has 20 heavy (non-hydrogen) atoms. The van der Waals surface area contributed by atoms with Gasteiger partial charge in [-0.15, -0.1) is 11.3 Å². The molecule has 0 aliphatic heterocycles. The first-order chi connectivity index (χ1) is 9.65. The van der Waals surface area contributed by atoms with Crippen LogP contribution in [0.2, 0.25) is 0 Å². The van der Waals surface area contributed by atoms with Gasteiger partial charge in [-0.1, -0.05) is 45.4 Å². The van der Waals surface area contributed by atoms with Crippen molar-refractivity contribution in [1.82, 2.24) is 0 Å². The van der Waals surface area contributed by atoms with Crippen molar-refractivity contribution >= 4 is 28.2 Å². The Morgan fingerprint density at radius 1 is 1.15 bits per heavy atom. The quantitative estimate of drug-likeness (QED) is 0.624. The summed E-state index contributed by atoms with van der Waals surface area (Å²) in [6.45, 7) is 2.19.